The lowest BCUT2D eigenvalue weighted by atomic mass is 10.2. The van der Waals surface area contributed by atoms with E-state index in [1.807, 2.05) is 31.2 Å². The Kier molecular flexibility index (Phi) is 6.49. The smallest absolute Gasteiger partial charge is 0.119 e. The molecule has 1 heterocycles. The van der Waals surface area contributed by atoms with Gasteiger partial charge in [0.1, 0.15) is 18.5 Å². The van der Waals surface area contributed by atoms with Gasteiger partial charge in [-0.25, -0.2) is 0 Å². The van der Waals surface area contributed by atoms with Gasteiger partial charge in [-0.2, -0.15) is 0 Å². The predicted molar refractivity (Wildman–Crippen MR) is 83.8 cm³/mol. The molecular formula is C17H27NO3. The minimum atomic E-state index is -0.480. The predicted octanol–water partition coefficient (Wildman–Crippen LogP) is 2.24. The SMILES string of the molecule is CCN(CC(O)COc1cccc(C)c1)CC1CCCO1. The Morgan fingerprint density at radius 1 is 1.48 bits per heavy atom. The summed E-state index contributed by atoms with van der Waals surface area (Å²) >= 11 is 0. The highest BCUT2D eigenvalue weighted by atomic mass is 16.5. The van der Waals surface area contributed by atoms with E-state index < -0.39 is 6.10 Å². The van der Waals surface area contributed by atoms with Gasteiger partial charge in [-0.3, -0.25) is 4.90 Å². The lowest BCUT2D eigenvalue weighted by Crippen LogP contribution is -2.39. The second kappa shape index (κ2) is 8.37. The molecular weight excluding hydrogens is 266 g/mol. The zero-order valence-electron chi connectivity index (χ0n) is 13.1. The molecule has 1 saturated heterocycles. The molecule has 4 nitrogen and oxygen atoms in total. The summed E-state index contributed by atoms with van der Waals surface area (Å²) in [6, 6.07) is 7.90. The summed E-state index contributed by atoms with van der Waals surface area (Å²) in [5.74, 6) is 0.816. The summed E-state index contributed by atoms with van der Waals surface area (Å²) < 4.78 is 11.3. The summed E-state index contributed by atoms with van der Waals surface area (Å²) in [7, 11) is 0. The Bertz CT molecular complexity index is 418. The fraction of sp³-hybridized carbons (Fsp3) is 0.647. The van der Waals surface area contributed by atoms with Crippen LogP contribution in [0.1, 0.15) is 25.3 Å². The van der Waals surface area contributed by atoms with Gasteiger partial charge in [0.15, 0.2) is 0 Å². The van der Waals surface area contributed by atoms with Gasteiger partial charge in [0.25, 0.3) is 0 Å². The Balaban J connectivity index is 1.72. The molecule has 4 heteroatoms. The molecule has 1 aromatic rings. The van der Waals surface area contributed by atoms with Crippen LogP contribution in [0.15, 0.2) is 24.3 Å². The Morgan fingerprint density at radius 3 is 3.00 bits per heavy atom. The van der Waals surface area contributed by atoms with Crippen LogP contribution in [0.2, 0.25) is 0 Å². The van der Waals surface area contributed by atoms with Crippen LogP contribution in [-0.4, -0.2) is 55.1 Å². The number of aliphatic hydroxyl groups excluding tert-OH is 1. The lowest BCUT2D eigenvalue weighted by Gasteiger charge is -2.26. The molecule has 0 bridgehead atoms. The van der Waals surface area contributed by atoms with Crippen molar-refractivity contribution in [3.05, 3.63) is 29.8 Å². The zero-order chi connectivity index (χ0) is 15.1. The number of hydrogen-bond acceptors (Lipinski definition) is 4. The first-order chi connectivity index (χ1) is 10.2. The molecule has 0 radical (unpaired) electrons. The van der Waals surface area contributed by atoms with Crippen LogP contribution in [-0.2, 0) is 4.74 Å². The quantitative estimate of drug-likeness (QED) is 0.798. The van der Waals surface area contributed by atoms with E-state index in [4.69, 9.17) is 9.47 Å². The molecule has 0 amide bonds. The maximum atomic E-state index is 10.1. The summed E-state index contributed by atoms with van der Waals surface area (Å²) in [6.07, 6.45) is 2.13. The average Bonchev–Trinajstić information content (AvgIpc) is 2.97. The van der Waals surface area contributed by atoms with E-state index in [1.165, 1.54) is 0 Å². The van der Waals surface area contributed by atoms with Crippen molar-refractivity contribution in [2.75, 3.05) is 32.8 Å². The summed E-state index contributed by atoms with van der Waals surface area (Å²) in [5, 5.41) is 10.1. The molecule has 1 aromatic carbocycles. The monoisotopic (exact) mass is 293 g/mol. The third kappa shape index (κ3) is 5.65. The summed E-state index contributed by atoms with van der Waals surface area (Å²) in [6.45, 7) is 7.79. The van der Waals surface area contributed by atoms with E-state index in [0.717, 1.165) is 43.9 Å². The minimum Gasteiger partial charge on any atom is -0.491 e. The second-order valence-electron chi connectivity index (χ2n) is 5.77. The number of nitrogens with zero attached hydrogens (tertiary/aromatic N) is 1. The fourth-order valence-electron chi connectivity index (χ4n) is 2.66. The van der Waals surface area contributed by atoms with Crippen LogP contribution in [0.25, 0.3) is 0 Å². The second-order valence-corrected chi connectivity index (χ2v) is 5.77. The topological polar surface area (TPSA) is 41.9 Å². The first kappa shape index (κ1) is 16.3. The normalized spacial score (nSPS) is 19.9. The van der Waals surface area contributed by atoms with Crippen molar-refractivity contribution >= 4 is 0 Å². The summed E-state index contributed by atoms with van der Waals surface area (Å²) in [5.41, 5.74) is 1.16. The van der Waals surface area contributed by atoms with E-state index in [0.29, 0.717) is 19.3 Å². The molecule has 0 aliphatic carbocycles. The Hall–Kier alpha value is -1.10. The van der Waals surface area contributed by atoms with Gasteiger partial charge in [0.05, 0.1) is 6.10 Å². The van der Waals surface area contributed by atoms with Crippen molar-refractivity contribution in [3.63, 3.8) is 0 Å². The van der Waals surface area contributed by atoms with Gasteiger partial charge in [0.2, 0.25) is 0 Å². The van der Waals surface area contributed by atoms with E-state index >= 15 is 0 Å². The highest BCUT2D eigenvalue weighted by Crippen LogP contribution is 2.14. The molecule has 2 unspecified atom stereocenters. The van der Waals surface area contributed by atoms with Crippen LogP contribution in [0.3, 0.4) is 0 Å². The average molecular weight is 293 g/mol. The minimum absolute atomic E-state index is 0.325. The number of ether oxygens (including phenoxy) is 2. The van der Waals surface area contributed by atoms with Gasteiger partial charge in [-0.15, -0.1) is 0 Å². The van der Waals surface area contributed by atoms with Crippen LogP contribution in [0.4, 0.5) is 0 Å². The highest BCUT2D eigenvalue weighted by molar-refractivity contribution is 5.27. The van der Waals surface area contributed by atoms with Gasteiger partial charge < -0.3 is 14.6 Å². The third-order valence-corrected chi connectivity index (χ3v) is 3.83. The van der Waals surface area contributed by atoms with E-state index in [9.17, 15) is 5.11 Å². The maximum absolute atomic E-state index is 10.1. The fourth-order valence-corrected chi connectivity index (χ4v) is 2.66. The van der Waals surface area contributed by atoms with Crippen LogP contribution < -0.4 is 4.74 Å². The summed E-state index contributed by atoms with van der Waals surface area (Å²) in [4.78, 5) is 2.24. The van der Waals surface area contributed by atoms with Crippen molar-refractivity contribution in [3.8, 4) is 5.75 Å². The molecule has 1 aliphatic rings. The third-order valence-electron chi connectivity index (χ3n) is 3.83. The Morgan fingerprint density at radius 2 is 2.33 bits per heavy atom. The van der Waals surface area contributed by atoms with E-state index in [2.05, 4.69) is 11.8 Å². The van der Waals surface area contributed by atoms with Crippen molar-refractivity contribution in [2.24, 2.45) is 0 Å². The molecule has 2 atom stereocenters. The highest BCUT2D eigenvalue weighted by Gasteiger charge is 2.20. The standard InChI is InChI=1S/C17H27NO3/c1-3-18(12-17-8-5-9-20-17)11-15(19)13-21-16-7-4-6-14(2)10-16/h4,6-7,10,15,17,19H,3,5,8-9,11-13H2,1-2H3. The lowest BCUT2D eigenvalue weighted by molar-refractivity contribution is 0.0365. The van der Waals surface area contributed by atoms with Crippen LogP contribution >= 0.6 is 0 Å². The number of rotatable bonds is 8. The first-order valence-corrected chi connectivity index (χ1v) is 7.89. The number of aryl methyl sites for hydroxylation is 1. The van der Waals surface area contributed by atoms with Crippen molar-refractivity contribution in [2.45, 2.75) is 38.9 Å². The van der Waals surface area contributed by atoms with Crippen LogP contribution in [0, 0.1) is 6.92 Å². The molecule has 1 N–H and O–H groups in total. The van der Waals surface area contributed by atoms with E-state index in [1.54, 1.807) is 0 Å². The molecule has 0 aromatic heterocycles. The first-order valence-electron chi connectivity index (χ1n) is 7.89. The molecule has 0 saturated carbocycles. The van der Waals surface area contributed by atoms with Crippen molar-refractivity contribution < 1.29 is 14.6 Å². The molecule has 2 rings (SSSR count). The zero-order valence-corrected chi connectivity index (χ0v) is 13.1. The number of likely N-dealkylation sites (N-methyl/N-ethyl adjacent to an activating group) is 1. The Labute approximate surface area is 127 Å². The molecule has 0 spiro atoms. The van der Waals surface area contributed by atoms with E-state index in [-0.39, 0.29) is 0 Å². The van der Waals surface area contributed by atoms with Gasteiger partial charge >= 0.3 is 0 Å². The van der Waals surface area contributed by atoms with Crippen LogP contribution in [0.5, 0.6) is 5.75 Å². The van der Waals surface area contributed by atoms with Crippen molar-refractivity contribution in [1.82, 2.24) is 4.90 Å². The van der Waals surface area contributed by atoms with Gasteiger partial charge in [-0.1, -0.05) is 19.1 Å². The number of aliphatic hydroxyl groups is 1. The van der Waals surface area contributed by atoms with Gasteiger partial charge in [0, 0.05) is 19.7 Å². The number of benzene rings is 1. The van der Waals surface area contributed by atoms with Crippen molar-refractivity contribution in [1.29, 1.82) is 0 Å². The molecule has 1 aliphatic heterocycles. The molecule has 118 valence electrons. The maximum Gasteiger partial charge on any atom is 0.119 e. The number of hydrogen-bond donors (Lipinski definition) is 1. The molecule has 21 heavy (non-hydrogen) atoms. The van der Waals surface area contributed by atoms with Gasteiger partial charge in [-0.05, 0) is 44.0 Å². The molecule has 1 fully saturated rings. The largest absolute Gasteiger partial charge is 0.491 e.